The molecule has 0 amide bonds. The molecular formula is C14H14ClN3OS. The van der Waals surface area contributed by atoms with Crippen LogP contribution in [0.5, 0.6) is 0 Å². The first-order chi connectivity index (χ1) is 9.72. The summed E-state index contributed by atoms with van der Waals surface area (Å²) < 4.78 is 9.97. The topological polar surface area (TPSA) is 51.0 Å². The van der Waals surface area contributed by atoms with Crippen molar-refractivity contribution in [2.45, 2.75) is 19.4 Å². The van der Waals surface area contributed by atoms with Gasteiger partial charge in [0.1, 0.15) is 17.4 Å². The monoisotopic (exact) mass is 307 g/mol. The predicted molar refractivity (Wildman–Crippen MR) is 81.4 cm³/mol. The van der Waals surface area contributed by atoms with Crippen LogP contribution in [0.1, 0.15) is 29.3 Å². The summed E-state index contributed by atoms with van der Waals surface area (Å²) in [7, 11) is 1.91. The third-order valence-electron chi connectivity index (χ3n) is 3.25. The lowest BCUT2D eigenvalue weighted by Gasteiger charge is -2.11. The molecule has 0 spiro atoms. The van der Waals surface area contributed by atoms with E-state index in [4.69, 9.17) is 16.0 Å². The maximum Gasteiger partial charge on any atom is 0.134 e. The van der Waals surface area contributed by atoms with Crippen molar-refractivity contribution in [1.82, 2.24) is 14.9 Å². The predicted octanol–water partition coefficient (Wildman–Crippen LogP) is 3.81. The highest BCUT2D eigenvalue weighted by Crippen LogP contribution is 2.32. The van der Waals surface area contributed by atoms with Gasteiger partial charge in [0, 0.05) is 10.4 Å². The van der Waals surface area contributed by atoms with Crippen LogP contribution in [-0.2, 0) is 6.42 Å². The number of rotatable bonds is 4. The summed E-state index contributed by atoms with van der Waals surface area (Å²) >= 11 is 7.42. The number of hydrogen-bond acceptors (Lipinski definition) is 5. The molecule has 0 fully saturated rings. The van der Waals surface area contributed by atoms with Crippen LogP contribution in [0.4, 0.5) is 0 Å². The highest BCUT2D eigenvalue weighted by atomic mass is 35.5. The molecule has 0 saturated heterocycles. The molecule has 20 heavy (non-hydrogen) atoms. The summed E-state index contributed by atoms with van der Waals surface area (Å²) in [6, 6.07) is 7.61. The van der Waals surface area contributed by atoms with Crippen molar-refractivity contribution in [2.75, 3.05) is 7.05 Å². The highest BCUT2D eigenvalue weighted by Gasteiger charge is 2.22. The molecule has 0 radical (unpaired) electrons. The van der Waals surface area contributed by atoms with E-state index in [1.807, 2.05) is 31.3 Å². The van der Waals surface area contributed by atoms with E-state index in [9.17, 15) is 0 Å². The molecular weight excluding hydrogens is 294 g/mol. The van der Waals surface area contributed by atoms with E-state index >= 15 is 0 Å². The standard InChI is InChI=1S/C14H14ClN3OS/c1-3-10-14(20-18-17-10)13(16-2)12-7-8-6-9(15)4-5-11(8)19-12/h4-7,13,16H,3H2,1-2H3. The first-order valence-electron chi connectivity index (χ1n) is 6.40. The van der Waals surface area contributed by atoms with Gasteiger partial charge in [-0.05, 0) is 49.3 Å². The minimum atomic E-state index is -0.0314. The lowest BCUT2D eigenvalue weighted by Crippen LogP contribution is -2.17. The number of aromatic nitrogens is 2. The summed E-state index contributed by atoms with van der Waals surface area (Å²) in [5.41, 5.74) is 1.84. The Bertz CT molecular complexity index is 737. The first kappa shape index (κ1) is 13.5. The van der Waals surface area contributed by atoms with E-state index in [0.29, 0.717) is 5.02 Å². The van der Waals surface area contributed by atoms with Crippen molar-refractivity contribution in [2.24, 2.45) is 0 Å². The number of benzene rings is 1. The van der Waals surface area contributed by atoms with Crippen LogP contribution in [0, 0.1) is 0 Å². The minimum absolute atomic E-state index is 0.0314. The third-order valence-corrected chi connectivity index (χ3v) is 4.32. The molecule has 0 bridgehead atoms. The van der Waals surface area contributed by atoms with Crippen molar-refractivity contribution in [3.63, 3.8) is 0 Å². The maximum atomic E-state index is 6.01. The van der Waals surface area contributed by atoms with Gasteiger partial charge in [-0.3, -0.25) is 0 Å². The van der Waals surface area contributed by atoms with Gasteiger partial charge in [0.15, 0.2) is 0 Å². The summed E-state index contributed by atoms with van der Waals surface area (Å²) in [6.07, 6.45) is 0.857. The lowest BCUT2D eigenvalue weighted by atomic mass is 10.1. The number of hydrogen-bond donors (Lipinski definition) is 1. The summed E-state index contributed by atoms with van der Waals surface area (Å²) in [5, 5.41) is 9.15. The largest absolute Gasteiger partial charge is 0.459 e. The van der Waals surface area contributed by atoms with E-state index in [2.05, 4.69) is 21.8 Å². The van der Waals surface area contributed by atoms with Gasteiger partial charge in [-0.15, -0.1) is 5.10 Å². The second-order valence-electron chi connectivity index (χ2n) is 4.49. The number of nitrogens with zero attached hydrogens (tertiary/aromatic N) is 2. The Morgan fingerprint density at radius 1 is 1.40 bits per heavy atom. The molecule has 3 aromatic rings. The molecule has 1 atom stereocenters. The van der Waals surface area contributed by atoms with Crippen LogP contribution >= 0.6 is 23.1 Å². The molecule has 2 heterocycles. The Morgan fingerprint density at radius 2 is 2.25 bits per heavy atom. The summed E-state index contributed by atoms with van der Waals surface area (Å²) in [6.45, 7) is 2.07. The van der Waals surface area contributed by atoms with Crippen molar-refractivity contribution in [3.05, 3.63) is 45.6 Å². The normalized spacial score (nSPS) is 12.9. The van der Waals surface area contributed by atoms with Gasteiger partial charge in [-0.25, -0.2) is 0 Å². The van der Waals surface area contributed by atoms with Crippen molar-refractivity contribution >= 4 is 34.1 Å². The van der Waals surface area contributed by atoms with Gasteiger partial charge in [0.25, 0.3) is 0 Å². The first-order valence-corrected chi connectivity index (χ1v) is 7.55. The van der Waals surface area contributed by atoms with Gasteiger partial charge < -0.3 is 9.73 Å². The Labute approximate surface area is 125 Å². The molecule has 3 rings (SSSR count). The zero-order valence-corrected chi connectivity index (χ0v) is 12.8. The van der Waals surface area contributed by atoms with E-state index in [1.165, 1.54) is 11.5 Å². The number of aryl methyl sites for hydroxylation is 1. The molecule has 0 saturated carbocycles. The quantitative estimate of drug-likeness (QED) is 0.796. The molecule has 0 aliphatic heterocycles. The lowest BCUT2D eigenvalue weighted by molar-refractivity contribution is 0.493. The molecule has 1 aromatic carbocycles. The van der Waals surface area contributed by atoms with Crippen LogP contribution < -0.4 is 5.32 Å². The fourth-order valence-corrected chi connectivity index (χ4v) is 3.30. The molecule has 4 nitrogen and oxygen atoms in total. The van der Waals surface area contributed by atoms with E-state index in [0.717, 1.165) is 33.7 Å². The molecule has 104 valence electrons. The zero-order chi connectivity index (χ0) is 14.1. The number of halogens is 1. The van der Waals surface area contributed by atoms with E-state index < -0.39 is 0 Å². The molecule has 0 aliphatic carbocycles. The van der Waals surface area contributed by atoms with Crippen molar-refractivity contribution < 1.29 is 4.42 Å². The zero-order valence-electron chi connectivity index (χ0n) is 11.2. The van der Waals surface area contributed by atoms with Gasteiger partial charge in [0.05, 0.1) is 10.6 Å². The van der Waals surface area contributed by atoms with Crippen LogP contribution in [0.25, 0.3) is 11.0 Å². The maximum absolute atomic E-state index is 6.01. The van der Waals surface area contributed by atoms with Crippen LogP contribution in [0.3, 0.4) is 0 Å². The third kappa shape index (κ3) is 2.32. The average molecular weight is 308 g/mol. The van der Waals surface area contributed by atoms with Gasteiger partial charge in [-0.2, -0.15) is 0 Å². The fourth-order valence-electron chi connectivity index (χ4n) is 2.26. The van der Waals surface area contributed by atoms with Crippen molar-refractivity contribution in [1.29, 1.82) is 0 Å². The second-order valence-corrected chi connectivity index (χ2v) is 5.71. The molecule has 6 heteroatoms. The molecule has 1 unspecified atom stereocenters. The number of nitrogens with one attached hydrogen (secondary N) is 1. The number of fused-ring (bicyclic) bond motifs is 1. The second kappa shape index (κ2) is 5.52. The summed E-state index contributed by atoms with van der Waals surface area (Å²) in [4.78, 5) is 1.10. The Kier molecular flexibility index (Phi) is 3.74. The molecule has 1 N–H and O–H groups in total. The van der Waals surface area contributed by atoms with Crippen LogP contribution in [0.2, 0.25) is 5.02 Å². The Balaban J connectivity index is 2.07. The van der Waals surface area contributed by atoms with Gasteiger partial charge in [0.2, 0.25) is 0 Å². The molecule has 2 aromatic heterocycles. The van der Waals surface area contributed by atoms with Crippen LogP contribution in [-0.4, -0.2) is 16.6 Å². The fraction of sp³-hybridized carbons (Fsp3) is 0.286. The molecule has 0 aliphatic rings. The van der Waals surface area contributed by atoms with E-state index in [-0.39, 0.29) is 6.04 Å². The number of furan rings is 1. The smallest absolute Gasteiger partial charge is 0.134 e. The Morgan fingerprint density at radius 3 is 3.00 bits per heavy atom. The minimum Gasteiger partial charge on any atom is -0.459 e. The highest BCUT2D eigenvalue weighted by molar-refractivity contribution is 7.05. The van der Waals surface area contributed by atoms with Gasteiger partial charge >= 0.3 is 0 Å². The Hall–Kier alpha value is -1.43. The van der Waals surface area contributed by atoms with E-state index in [1.54, 1.807) is 0 Å². The van der Waals surface area contributed by atoms with Crippen LogP contribution in [0.15, 0.2) is 28.7 Å². The van der Waals surface area contributed by atoms with Gasteiger partial charge in [-0.1, -0.05) is 23.0 Å². The average Bonchev–Trinajstić information content (AvgIpc) is 3.05. The SMILES string of the molecule is CCc1nnsc1C(NC)c1cc2cc(Cl)ccc2o1. The summed E-state index contributed by atoms with van der Waals surface area (Å²) in [5.74, 6) is 0.852. The van der Waals surface area contributed by atoms with Crippen molar-refractivity contribution in [3.8, 4) is 0 Å².